The van der Waals surface area contributed by atoms with Crippen molar-refractivity contribution in [2.45, 2.75) is 30.3 Å². The van der Waals surface area contributed by atoms with Crippen molar-refractivity contribution >= 4 is 17.7 Å². The molecule has 14 heavy (non-hydrogen) atoms. The third kappa shape index (κ3) is 2.12. The van der Waals surface area contributed by atoms with Crippen molar-refractivity contribution in [3.05, 3.63) is 23.7 Å². The molecule has 0 aromatic carbocycles. The highest BCUT2D eigenvalue weighted by Gasteiger charge is 2.18. The van der Waals surface area contributed by atoms with E-state index in [-0.39, 0.29) is 5.76 Å². The summed E-state index contributed by atoms with van der Waals surface area (Å²) < 4.78 is 5.14. The van der Waals surface area contributed by atoms with E-state index < -0.39 is 5.97 Å². The highest BCUT2D eigenvalue weighted by molar-refractivity contribution is 7.99. The molecule has 0 saturated heterocycles. The molecular formula is C10H12O3S. The molecule has 1 saturated carbocycles. The number of carboxylic acid groups (broad SMARTS) is 1. The summed E-state index contributed by atoms with van der Waals surface area (Å²) in [5.41, 5.74) is 0. The number of carboxylic acids is 1. The first-order valence-electron chi connectivity index (χ1n) is 4.69. The molecule has 1 fully saturated rings. The Hall–Kier alpha value is -0.900. The Kier molecular flexibility index (Phi) is 2.82. The Bertz CT molecular complexity index is 328. The molecule has 0 spiro atoms. The Morgan fingerprint density at radius 2 is 2.36 bits per heavy atom. The number of thioether (sulfide) groups is 1. The van der Waals surface area contributed by atoms with Crippen molar-refractivity contribution in [2.24, 2.45) is 0 Å². The predicted octanol–water partition coefficient (Wildman–Crippen LogP) is 2.76. The van der Waals surface area contributed by atoms with Gasteiger partial charge in [0, 0.05) is 5.25 Å². The van der Waals surface area contributed by atoms with E-state index in [1.165, 1.54) is 25.3 Å². The minimum atomic E-state index is -0.995. The molecule has 1 aliphatic rings. The molecule has 4 heteroatoms. The smallest absolute Gasteiger partial charge is 0.371 e. The fourth-order valence-electron chi connectivity index (χ4n) is 1.31. The van der Waals surface area contributed by atoms with Crippen LogP contribution in [0.3, 0.4) is 0 Å². The first-order chi connectivity index (χ1) is 6.75. The average molecular weight is 212 g/mol. The molecule has 0 unspecified atom stereocenters. The minimum absolute atomic E-state index is 0.0363. The highest BCUT2D eigenvalue weighted by atomic mass is 32.2. The molecule has 2 rings (SSSR count). The van der Waals surface area contributed by atoms with Gasteiger partial charge < -0.3 is 9.52 Å². The molecule has 0 amide bonds. The maximum atomic E-state index is 10.5. The van der Waals surface area contributed by atoms with Gasteiger partial charge in [0.2, 0.25) is 5.76 Å². The second kappa shape index (κ2) is 4.09. The van der Waals surface area contributed by atoms with E-state index in [0.29, 0.717) is 0 Å². The summed E-state index contributed by atoms with van der Waals surface area (Å²) >= 11 is 1.85. The molecule has 1 heterocycles. The summed E-state index contributed by atoms with van der Waals surface area (Å²) in [4.78, 5) is 10.5. The summed E-state index contributed by atoms with van der Waals surface area (Å²) in [6, 6.07) is 3.26. The molecule has 1 N–H and O–H groups in total. The predicted molar refractivity (Wildman–Crippen MR) is 54.6 cm³/mol. The van der Waals surface area contributed by atoms with E-state index in [9.17, 15) is 4.79 Å². The van der Waals surface area contributed by atoms with Gasteiger partial charge in [-0.05, 0) is 25.0 Å². The van der Waals surface area contributed by atoms with Gasteiger partial charge in [-0.2, -0.15) is 11.8 Å². The lowest BCUT2D eigenvalue weighted by molar-refractivity contribution is 0.0661. The second-order valence-corrected chi connectivity index (χ2v) is 4.72. The lowest BCUT2D eigenvalue weighted by Gasteiger charge is -2.23. The molecule has 0 aliphatic heterocycles. The largest absolute Gasteiger partial charge is 0.475 e. The zero-order valence-electron chi connectivity index (χ0n) is 7.73. The van der Waals surface area contributed by atoms with Crippen molar-refractivity contribution < 1.29 is 14.3 Å². The Balaban J connectivity index is 1.86. The van der Waals surface area contributed by atoms with Crippen molar-refractivity contribution in [2.75, 3.05) is 0 Å². The molecule has 1 aromatic rings. The van der Waals surface area contributed by atoms with Crippen molar-refractivity contribution in [3.8, 4) is 0 Å². The zero-order valence-corrected chi connectivity index (χ0v) is 8.55. The SMILES string of the molecule is O=C(O)c1ccc(CSC2CCC2)o1. The maximum Gasteiger partial charge on any atom is 0.371 e. The number of carbonyl (C=O) groups is 1. The number of hydrogen-bond donors (Lipinski definition) is 1. The fourth-order valence-corrected chi connectivity index (χ4v) is 2.53. The van der Waals surface area contributed by atoms with Crippen LogP contribution < -0.4 is 0 Å². The van der Waals surface area contributed by atoms with Crippen molar-refractivity contribution in [1.29, 1.82) is 0 Å². The summed E-state index contributed by atoms with van der Waals surface area (Å²) in [5.74, 6) is 0.594. The summed E-state index contributed by atoms with van der Waals surface area (Å²) in [5, 5.41) is 9.39. The quantitative estimate of drug-likeness (QED) is 0.833. The lowest BCUT2D eigenvalue weighted by Crippen LogP contribution is -2.12. The molecule has 76 valence electrons. The third-order valence-corrected chi connectivity index (χ3v) is 3.78. The van der Waals surface area contributed by atoms with E-state index in [1.807, 2.05) is 11.8 Å². The molecular weight excluding hydrogens is 200 g/mol. The van der Waals surface area contributed by atoms with Crippen LogP contribution in [0.1, 0.15) is 35.6 Å². The second-order valence-electron chi connectivity index (χ2n) is 3.44. The number of aromatic carboxylic acids is 1. The first-order valence-corrected chi connectivity index (χ1v) is 5.74. The standard InChI is InChI=1S/C10H12O3S/c11-10(12)9-5-4-7(13-9)6-14-8-2-1-3-8/h4-5,8H,1-3,6H2,(H,11,12). The topological polar surface area (TPSA) is 50.4 Å². The highest BCUT2D eigenvalue weighted by Crippen LogP contribution is 2.33. The van der Waals surface area contributed by atoms with Crippen LogP contribution in [0.5, 0.6) is 0 Å². The van der Waals surface area contributed by atoms with E-state index in [1.54, 1.807) is 6.07 Å². The molecule has 1 aliphatic carbocycles. The number of hydrogen-bond acceptors (Lipinski definition) is 3. The van der Waals surface area contributed by atoms with Crippen LogP contribution in [0.25, 0.3) is 0 Å². The van der Waals surface area contributed by atoms with Gasteiger partial charge in [0.25, 0.3) is 0 Å². The minimum Gasteiger partial charge on any atom is -0.475 e. The fraction of sp³-hybridized carbons (Fsp3) is 0.500. The van der Waals surface area contributed by atoms with Crippen LogP contribution in [-0.4, -0.2) is 16.3 Å². The van der Waals surface area contributed by atoms with Crippen molar-refractivity contribution in [3.63, 3.8) is 0 Å². The Labute approximate surface area is 86.5 Å². The molecule has 0 atom stereocenters. The van der Waals surface area contributed by atoms with Gasteiger partial charge in [-0.25, -0.2) is 4.79 Å². The van der Waals surface area contributed by atoms with Gasteiger partial charge in [-0.3, -0.25) is 0 Å². The van der Waals surface area contributed by atoms with Gasteiger partial charge in [-0.15, -0.1) is 0 Å². The maximum absolute atomic E-state index is 10.5. The van der Waals surface area contributed by atoms with Crippen LogP contribution in [0.2, 0.25) is 0 Å². The molecule has 0 radical (unpaired) electrons. The first kappa shape index (κ1) is 9.65. The monoisotopic (exact) mass is 212 g/mol. The third-order valence-electron chi connectivity index (χ3n) is 2.39. The summed E-state index contributed by atoms with van der Waals surface area (Å²) in [7, 11) is 0. The van der Waals surface area contributed by atoms with Crippen molar-refractivity contribution in [1.82, 2.24) is 0 Å². The molecule has 1 aromatic heterocycles. The van der Waals surface area contributed by atoms with Crippen LogP contribution >= 0.6 is 11.8 Å². The van der Waals surface area contributed by atoms with Gasteiger partial charge >= 0.3 is 5.97 Å². The van der Waals surface area contributed by atoms with Crippen LogP contribution in [-0.2, 0) is 5.75 Å². The summed E-state index contributed by atoms with van der Waals surface area (Å²) in [6.07, 6.45) is 3.91. The Morgan fingerprint density at radius 3 is 2.86 bits per heavy atom. The van der Waals surface area contributed by atoms with Crippen LogP contribution in [0.4, 0.5) is 0 Å². The van der Waals surface area contributed by atoms with E-state index in [0.717, 1.165) is 16.8 Å². The van der Waals surface area contributed by atoms with Gasteiger partial charge in [0.1, 0.15) is 5.76 Å². The van der Waals surface area contributed by atoms with Gasteiger partial charge in [0.15, 0.2) is 0 Å². The van der Waals surface area contributed by atoms with E-state index >= 15 is 0 Å². The normalized spacial score (nSPS) is 16.6. The molecule has 0 bridgehead atoms. The van der Waals surface area contributed by atoms with E-state index in [2.05, 4.69) is 0 Å². The Morgan fingerprint density at radius 1 is 1.57 bits per heavy atom. The van der Waals surface area contributed by atoms with Crippen LogP contribution in [0, 0.1) is 0 Å². The van der Waals surface area contributed by atoms with Crippen LogP contribution in [0.15, 0.2) is 16.5 Å². The van der Waals surface area contributed by atoms with Gasteiger partial charge in [0.05, 0.1) is 5.75 Å². The average Bonchev–Trinajstić information content (AvgIpc) is 2.50. The molecule has 3 nitrogen and oxygen atoms in total. The lowest BCUT2D eigenvalue weighted by atomic mass is 10.0. The zero-order chi connectivity index (χ0) is 9.97. The van der Waals surface area contributed by atoms with Gasteiger partial charge in [-0.1, -0.05) is 6.42 Å². The number of furan rings is 1. The number of rotatable bonds is 4. The van der Waals surface area contributed by atoms with E-state index in [4.69, 9.17) is 9.52 Å². The summed E-state index contributed by atoms with van der Waals surface area (Å²) in [6.45, 7) is 0.